The molecule has 0 saturated carbocycles. The van der Waals surface area contributed by atoms with Gasteiger partial charge in [-0.15, -0.1) is 0 Å². The van der Waals surface area contributed by atoms with Crippen LogP contribution >= 0.6 is 11.6 Å². The number of hydrogen-bond donors (Lipinski definition) is 1. The quantitative estimate of drug-likeness (QED) is 0.497. The minimum atomic E-state index is -0.634. The van der Waals surface area contributed by atoms with Crippen molar-refractivity contribution in [2.75, 3.05) is 26.9 Å². The number of hydrogen-bond acceptors (Lipinski definition) is 6. The van der Waals surface area contributed by atoms with Crippen LogP contribution in [0.2, 0.25) is 5.02 Å². The van der Waals surface area contributed by atoms with Crippen molar-refractivity contribution < 1.29 is 28.5 Å². The van der Waals surface area contributed by atoms with Crippen LogP contribution < -0.4 is 14.8 Å². The van der Waals surface area contributed by atoms with Gasteiger partial charge in [0.25, 0.3) is 5.91 Å². The number of methoxy groups -OCH3 is 1. The molecule has 1 fully saturated rings. The van der Waals surface area contributed by atoms with Crippen molar-refractivity contribution >= 4 is 29.6 Å². The zero-order valence-electron chi connectivity index (χ0n) is 16.3. The largest absolute Gasteiger partial charge is 0.493 e. The molecule has 0 aliphatic carbocycles. The van der Waals surface area contributed by atoms with Crippen molar-refractivity contribution in [3.63, 3.8) is 0 Å². The van der Waals surface area contributed by atoms with Gasteiger partial charge in [0.1, 0.15) is 0 Å². The predicted molar refractivity (Wildman–Crippen MR) is 106 cm³/mol. The molecule has 0 radical (unpaired) electrons. The van der Waals surface area contributed by atoms with Gasteiger partial charge in [-0.3, -0.25) is 4.79 Å². The van der Waals surface area contributed by atoms with Crippen LogP contribution in [-0.2, 0) is 19.1 Å². The van der Waals surface area contributed by atoms with Gasteiger partial charge in [0, 0.05) is 19.2 Å². The number of benzene rings is 1. The molecule has 28 heavy (non-hydrogen) atoms. The van der Waals surface area contributed by atoms with Crippen molar-refractivity contribution in [2.45, 2.75) is 38.9 Å². The Bertz CT molecular complexity index is 713. The van der Waals surface area contributed by atoms with Crippen LogP contribution in [0.25, 0.3) is 6.08 Å². The highest BCUT2D eigenvalue weighted by atomic mass is 35.5. The number of carbonyl (C=O) groups excluding carboxylic acids is 2. The molecule has 7 nitrogen and oxygen atoms in total. The first-order chi connectivity index (χ1) is 13.4. The van der Waals surface area contributed by atoms with E-state index in [0.717, 1.165) is 19.4 Å². The molecule has 0 aromatic heterocycles. The van der Waals surface area contributed by atoms with Gasteiger partial charge in [-0.2, -0.15) is 0 Å². The van der Waals surface area contributed by atoms with E-state index >= 15 is 0 Å². The highest BCUT2D eigenvalue weighted by Crippen LogP contribution is 2.37. The number of esters is 1. The molecule has 2 rings (SSSR count). The smallest absolute Gasteiger partial charge is 0.331 e. The van der Waals surface area contributed by atoms with Crippen LogP contribution in [0.15, 0.2) is 18.2 Å². The molecule has 1 aromatic carbocycles. The van der Waals surface area contributed by atoms with Gasteiger partial charge < -0.3 is 24.3 Å². The van der Waals surface area contributed by atoms with E-state index in [2.05, 4.69) is 5.32 Å². The summed E-state index contributed by atoms with van der Waals surface area (Å²) in [6, 6.07) is 3.35. The molecular formula is C20H26ClNO6. The molecule has 0 bridgehead atoms. The number of rotatable bonds is 9. The maximum absolute atomic E-state index is 11.8. The Hall–Kier alpha value is -2.25. The Morgan fingerprint density at radius 1 is 1.39 bits per heavy atom. The number of ether oxygens (including phenoxy) is 4. The molecule has 1 saturated heterocycles. The Labute approximate surface area is 169 Å². The molecule has 1 amide bonds. The third-order valence-corrected chi connectivity index (χ3v) is 4.19. The van der Waals surface area contributed by atoms with E-state index in [0.29, 0.717) is 28.6 Å². The lowest BCUT2D eigenvalue weighted by molar-refractivity contribution is -0.143. The maximum atomic E-state index is 11.8. The first-order valence-electron chi connectivity index (χ1n) is 9.16. The van der Waals surface area contributed by atoms with E-state index in [1.807, 2.05) is 13.8 Å². The van der Waals surface area contributed by atoms with Crippen molar-refractivity contribution in [2.24, 2.45) is 0 Å². The SMILES string of the molecule is COc1cc(/C=C/C(=O)OCC(=O)NC[C@H]2CCCO2)cc(Cl)c1OC(C)C. The van der Waals surface area contributed by atoms with Crippen molar-refractivity contribution in [1.82, 2.24) is 5.32 Å². The van der Waals surface area contributed by atoms with E-state index in [1.54, 1.807) is 12.1 Å². The van der Waals surface area contributed by atoms with Crippen molar-refractivity contribution in [1.29, 1.82) is 0 Å². The third kappa shape index (κ3) is 7.05. The number of halogens is 1. The zero-order valence-corrected chi connectivity index (χ0v) is 17.1. The molecule has 1 heterocycles. The number of nitrogens with one attached hydrogen (secondary N) is 1. The molecule has 1 atom stereocenters. The number of carbonyl (C=O) groups is 2. The summed E-state index contributed by atoms with van der Waals surface area (Å²) in [5, 5.41) is 3.05. The topological polar surface area (TPSA) is 83.1 Å². The Balaban J connectivity index is 1.85. The molecular weight excluding hydrogens is 386 g/mol. The van der Waals surface area contributed by atoms with Crippen molar-refractivity contribution in [3.8, 4) is 11.5 Å². The summed E-state index contributed by atoms with van der Waals surface area (Å²) in [4.78, 5) is 23.5. The van der Waals surface area contributed by atoms with Crippen molar-refractivity contribution in [3.05, 3.63) is 28.8 Å². The van der Waals surface area contributed by atoms with Gasteiger partial charge in [-0.25, -0.2) is 4.79 Å². The van der Waals surface area contributed by atoms with Gasteiger partial charge in [0.05, 0.1) is 24.3 Å². The summed E-state index contributed by atoms with van der Waals surface area (Å²) in [5.74, 6) is -0.0912. The highest BCUT2D eigenvalue weighted by Gasteiger charge is 2.16. The summed E-state index contributed by atoms with van der Waals surface area (Å²) >= 11 is 6.25. The lowest BCUT2D eigenvalue weighted by atomic mass is 10.2. The van der Waals surface area contributed by atoms with E-state index in [1.165, 1.54) is 19.3 Å². The first-order valence-corrected chi connectivity index (χ1v) is 9.54. The average molecular weight is 412 g/mol. The summed E-state index contributed by atoms with van der Waals surface area (Å²) in [6.45, 7) is 4.57. The monoisotopic (exact) mass is 411 g/mol. The molecule has 0 spiro atoms. The summed E-state index contributed by atoms with van der Waals surface area (Å²) in [7, 11) is 1.51. The normalized spacial score (nSPS) is 16.4. The van der Waals surface area contributed by atoms with Crippen LogP contribution in [0, 0.1) is 0 Å². The maximum Gasteiger partial charge on any atom is 0.331 e. The standard InChI is InChI=1S/C20H26ClNO6/c1-13(2)28-20-16(21)9-14(10-17(20)25-3)6-7-19(24)27-12-18(23)22-11-15-5-4-8-26-15/h6-7,9-10,13,15H,4-5,8,11-12H2,1-3H3,(H,22,23)/b7-6+/t15-/m1/s1. The Morgan fingerprint density at radius 2 is 2.18 bits per heavy atom. The highest BCUT2D eigenvalue weighted by molar-refractivity contribution is 6.32. The minimum Gasteiger partial charge on any atom is -0.493 e. The summed E-state index contributed by atoms with van der Waals surface area (Å²) in [5.41, 5.74) is 0.637. The van der Waals surface area contributed by atoms with E-state index < -0.39 is 5.97 Å². The first kappa shape index (κ1) is 22.0. The lowest BCUT2D eigenvalue weighted by Gasteiger charge is -2.15. The van der Waals surface area contributed by atoms with Gasteiger partial charge in [-0.05, 0) is 50.5 Å². The minimum absolute atomic E-state index is 0.0434. The molecule has 154 valence electrons. The fraction of sp³-hybridized carbons (Fsp3) is 0.500. The second kappa shape index (κ2) is 10.9. The fourth-order valence-electron chi connectivity index (χ4n) is 2.62. The second-order valence-corrected chi connectivity index (χ2v) is 6.99. The van der Waals surface area contributed by atoms with E-state index in [9.17, 15) is 9.59 Å². The van der Waals surface area contributed by atoms with E-state index in [4.69, 9.17) is 30.5 Å². The molecule has 1 aliphatic heterocycles. The predicted octanol–water partition coefficient (Wildman–Crippen LogP) is 2.99. The molecule has 1 aromatic rings. The van der Waals surface area contributed by atoms with E-state index in [-0.39, 0.29) is 24.7 Å². The third-order valence-electron chi connectivity index (χ3n) is 3.91. The molecule has 1 N–H and O–H groups in total. The fourth-order valence-corrected chi connectivity index (χ4v) is 2.88. The summed E-state index contributed by atoms with van der Waals surface area (Å²) < 4.78 is 21.3. The van der Waals surface area contributed by atoms with Crippen LogP contribution in [0.4, 0.5) is 0 Å². The van der Waals surface area contributed by atoms with Gasteiger partial charge >= 0.3 is 5.97 Å². The van der Waals surface area contributed by atoms with Gasteiger partial charge in [0.15, 0.2) is 18.1 Å². The average Bonchev–Trinajstić information content (AvgIpc) is 3.18. The second-order valence-electron chi connectivity index (χ2n) is 6.58. The van der Waals surface area contributed by atoms with Crippen LogP contribution in [-0.4, -0.2) is 51.0 Å². The molecule has 0 unspecified atom stereocenters. The Kier molecular flexibility index (Phi) is 8.60. The van der Waals surface area contributed by atoms with Crippen LogP contribution in [0.5, 0.6) is 11.5 Å². The molecule has 1 aliphatic rings. The van der Waals surface area contributed by atoms with Crippen LogP contribution in [0.3, 0.4) is 0 Å². The van der Waals surface area contributed by atoms with Gasteiger partial charge in [0.2, 0.25) is 0 Å². The van der Waals surface area contributed by atoms with Crippen LogP contribution in [0.1, 0.15) is 32.3 Å². The van der Waals surface area contributed by atoms with Gasteiger partial charge in [-0.1, -0.05) is 11.6 Å². The molecule has 8 heteroatoms. The summed E-state index contributed by atoms with van der Waals surface area (Å²) in [6.07, 6.45) is 4.66. The zero-order chi connectivity index (χ0) is 20.5. The Morgan fingerprint density at radius 3 is 2.82 bits per heavy atom. The number of amides is 1. The lowest BCUT2D eigenvalue weighted by Crippen LogP contribution is -2.34.